The molecule has 0 bridgehead atoms. The van der Waals surface area contributed by atoms with Crippen LogP contribution in [0.4, 0.5) is 0 Å². The van der Waals surface area contributed by atoms with Gasteiger partial charge in [0.15, 0.2) is 6.61 Å². The van der Waals surface area contributed by atoms with Crippen LogP contribution in [0.5, 0.6) is 11.5 Å². The lowest BCUT2D eigenvalue weighted by Gasteiger charge is -2.38. The van der Waals surface area contributed by atoms with Gasteiger partial charge in [0.05, 0.1) is 7.11 Å². The van der Waals surface area contributed by atoms with Gasteiger partial charge in [-0.3, -0.25) is 4.79 Å². The number of rotatable bonds is 9. The van der Waals surface area contributed by atoms with Crippen molar-refractivity contribution in [2.45, 2.75) is 24.7 Å². The molecule has 0 unspecified atom stereocenters. The smallest absolute Gasteiger partial charge is 0.257 e. The van der Waals surface area contributed by atoms with Crippen molar-refractivity contribution < 1.29 is 19.0 Å². The van der Waals surface area contributed by atoms with Crippen molar-refractivity contribution in [1.82, 2.24) is 5.32 Å². The Balaban J connectivity index is 1.37. The third kappa shape index (κ3) is 5.93. The molecule has 33 heavy (non-hydrogen) atoms. The SMILES string of the molecule is COc1ccc(C2(CNC(=O)COc3ccccc3Cc3ccccc3)CCOCC2)cc1. The van der Waals surface area contributed by atoms with Crippen LogP contribution >= 0.6 is 0 Å². The fourth-order valence-corrected chi connectivity index (χ4v) is 4.34. The van der Waals surface area contributed by atoms with E-state index in [0.29, 0.717) is 19.8 Å². The molecular formula is C28H31NO4. The quantitative estimate of drug-likeness (QED) is 0.526. The predicted octanol–water partition coefficient (Wildman–Crippen LogP) is 4.53. The van der Waals surface area contributed by atoms with Crippen molar-refractivity contribution in [3.05, 3.63) is 95.6 Å². The van der Waals surface area contributed by atoms with E-state index in [1.165, 1.54) is 11.1 Å². The molecule has 0 radical (unpaired) electrons. The topological polar surface area (TPSA) is 56.8 Å². The molecule has 0 aromatic heterocycles. The minimum absolute atomic E-state index is 0.0129. The molecule has 1 heterocycles. The molecule has 5 nitrogen and oxygen atoms in total. The molecule has 5 heteroatoms. The number of benzene rings is 3. The van der Waals surface area contributed by atoms with Gasteiger partial charge in [-0.2, -0.15) is 0 Å². The van der Waals surface area contributed by atoms with Crippen molar-refractivity contribution >= 4 is 5.91 Å². The summed E-state index contributed by atoms with van der Waals surface area (Å²) in [6.07, 6.45) is 2.49. The number of methoxy groups -OCH3 is 1. The lowest BCUT2D eigenvalue weighted by molar-refractivity contribution is -0.123. The second kappa shape index (κ2) is 11.0. The Kier molecular flexibility index (Phi) is 7.63. The molecule has 4 rings (SSSR count). The van der Waals surface area contributed by atoms with Gasteiger partial charge in [-0.1, -0.05) is 60.7 Å². The highest BCUT2D eigenvalue weighted by molar-refractivity contribution is 5.77. The van der Waals surface area contributed by atoms with Crippen molar-refractivity contribution in [2.24, 2.45) is 0 Å². The van der Waals surface area contributed by atoms with Gasteiger partial charge in [0, 0.05) is 31.6 Å². The number of hydrogen-bond acceptors (Lipinski definition) is 4. The van der Waals surface area contributed by atoms with Crippen LogP contribution in [0, 0.1) is 0 Å². The van der Waals surface area contributed by atoms with E-state index in [9.17, 15) is 4.79 Å². The summed E-state index contributed by atoms with van der Waals surface area (Å²) in [6, 6.07) is 26.3. The molecule has 0 spiro atoms. The lowest BCUT2D eigenvalue weighted by Crippen LogP contribution is -2.45. The number of hydrogen-bond donors (Lipinski definition) is 1. The minimum Gasteiger partial charge on any atom is -0.497 e. The van der Waals surface area contributed by atoms with Crippen molar-refractivity contribution in [1.29, 1.82) is 0 Å². The van der Waals surface area contributed by atoms with Crippen LogP contribution in [0.25, 0.3) is 0 Å². The highest BCUT2D eigenvalue weighted by atomic mass is 16.5. The van der Waals surface area contributed by atoms with Gasteiger partial charge in [-0.05, 0) is 47.7 Å². The fourth-order valence-electron chi connectivity index (χ4n) is 4.34. The summed E-state index contributed by atoms with van der Waals surface area (Å²) in [5.41, 5.74) is 3.32. The van der Waals surface area contributed by atoms with Crippen LogP contribution in [-0.4, -0.2) is 39.4 Å². The number of ether oxygens (including phenoxy) is 3. The van der Waals surface area contributed by atoms with E-state index in [1.807, 2.05) is 54.6 Å². The maximum absolute atomic E-state index is 12.7. The van der Waals surface area contributed by atoms with Crippen molar-refractivity contribution in [3.8, 4) is 11.5 Å². The van der Waals surface area contributed by atoms with Crippen LogP contribution < -0.4 is 14.8 Å². The molecule has 172 valence electrons. The Bertz CT molecular complexity index is 1030. The fraction of sp³-hybridized carbons (Fsp3) is 0.321. The van der Waals surface area contributed by atoms with E-state index in [2.05, 4.69) is 29.6 Å². The molecule has 0 saturated carbocycles. The van der Waals surface area contributed by atoms with Gasteiger partial charge in [0.1, 0.15) is 11.5 Å². The molecule has 1 amide bonds. The van der Waals surface area contributed by atoms with E-state index in [1.54, 1.807) is 7.11 Å². The standard InChI is InChI=1S/C28H31NO4/c1-31-25-13-11-24(12-14-25)28(15-17-32-18-16-28)21-29-27(30)20-33-26-10-6-5-9-23(26)19-22-7-3-2-4-8-22/h2-14H,15-21H2,1H3,(H,29,30). The Morgan fingerprint density at radius 2 is 1.64 bits per heavy atom. The zero-order valence-electron chi connectivity index (χ0n) is 19.1. The summed E-state index contributed by atoms with van der Waals surface area (Å²) in [6.45, 7) is 1.91. The largest absolute Gasteiger partial charge is 0.497 e. The Morgan fingerprint density at radius 1 is 0.939 bits per heavy atom. The van der Waals surface area contributed by atoms with Crippen LogP contribution in [0.1, 0.15) is 29.5 Å². The van der Waals surface area contributed by atoms with E-state index in [0.717, 1.165) is 36.3 Å². The van der Waals surface area contributed by atoms with Gasteiger partial charge in [-0.25, -0.2) is 0 Å². The molecule has 1 fully saturated rings. The number of para-hydroxylation sites is 1. The molecule has 1 saturated heterocycles. The molecule has 3 aromatic carbocycles. The highest BCUT2D eigenvalue weighted by Gasteiger charge is 2.35. The summed E-state index contributed by atoms with van der Waals surface area (Å²) in [5, 5.41) is 3.11. The Labute approximate surface area is 195 Å². The molecule has 1 aliphatic rings. The highest BCUT2D eigenvalue weighted by Crippen LogP contribution is 2.35. The Hall–Kier alpha value is -3.31. The zero-order valence-corrected chi connectivity index (χ0v) is 19.1. The van der Waals surface area contributed by atoms with Gasteiger partial charge < -0.3 is 19.5 Å². The maximum atomic E-state index is 12.7. The molecule has 0 atom stereocenters. The van der Waals surface area contributed by atoms with E-state index in [-0.39, 0.29) is 17.9 Å². The summed E-state index contributed by atoms with van der Waals surface area (Å²) in [7, 11) is 1.66. The Morgan fingerprint density at radius 3 is 2.36 bits per heavy atom. The summed E-state index contributed by atoms with van der Waals surface area (Å²) in [5.74, 6) is 1.45. The van der Waals surface area contributed by atoms with Crippen LogP contribution in [0.15, 0.2) is 78.9 Å². The lowest BCUT2D eigenvalue weighted by atomic mass is 9.74. The maximum Gasteiger partial charge on any atom is 0.257 e. The van der Waals surface area contributed by atoms with Crippen LogP contribution in [0.3, 0.4) is 0 Å². The average molecular weight is 446 g/mol. The number of amides is 1. The van der Waals surface area contributed by atoms with Crippen LogP contribution in [-0.2, 0) is 21.4 Å². The first-order chi connectivity index (χ1) is 16.2. The van der Waals surface area contributed by atoms with Crippen molar-refractivity contribution in [2.75, 3.05) is 33.5 Å². The third-order valence-electron chi connectivity index (χ3n) is 6.35. The second-order valence-electron chi connectivity index (χ2n) is 8.46. The first-order valence-electron chi connectivity index (χ1n) is 11.4. The molecule has 0 aliphatic carbocycles. The van der Waals surface area contributed by atoms with E-state index < -0.39 is 0 Å². The molecule has 3 aromatic rings. The van der Waals surface area contributed by atoms with Crippen LogP contribution in [0.2, 0.25) is 0 Å². The molecule has 1 aliphatic heterocycles. The first kappa shape index (κ1) is 22.9. The second-order valence-corrected chi connectivity index (χ2v) is 8.46. The predicted molar refractivity (Wildman–Crippen MR) is 129 cm³/mol. The normalized spacial score (nSPS) is 14.9. The van der Waals surface area contributed by atoms with Gasteiger partial charge in [0.2, 0.25) is 0 Å². The van der Waals surface area contributed by atoms with Crippen molar-refractivity contribution in [3.63, 3.8) is 0 Å². The zero-order chi connectivity index (χ0) is 22.9. The third-order valence-corrected chi connectivity index (χ3v) is 6.35. The van der Waals surface area contributed by atoms with E-state index in [4.69, 9.17) is 14.2 Å². The monoisotopic (exact) mass is 445 g/mol. The number of nitrogens with one attached hydrogen (secondary N) is 1. The molecule has 1 N–H and O–H groups in total. The molecular weight excluding hydrogens is 414 g/mol. The minimum atomic E-state index is -0.147. The number of carbonyl (C=O) groups excluding carboxylic acids is 1. The average Bonchev–Trinajstić information content (AvgIpc) is 2.88. The summed E-state index contributed by atoms with van der Waals surface area (Å²) < 4.78 is 16.8. The van der Waals surface area contributed by atoms with Gasteiger partial charge in [0.25, 0.3) is 5.91 Å². The summed E-state index contributed by atoms with van der Waals surface area (Å²) in [4.78, 5) is 12.7. The van der Waals surface area contributed by atoms with E-state index >= 15 is 0 Å². The van der Waals surface area contributed by atoms with Gasteiger partial charge in [-0.15, -0.1) is 0 Å². The first-order valence-corrected chi connectivity index (χ1v) is 11.4. The summed E-state index contributed by atoms with van der Waals surface area (Å²) >= 11 is 0. The number of carbonyl (C=O) groups is 1. The van der Waals surface area contributed by atoms with Gasteiger partial charge >= 0.3 is 0 Å².